The first kappa shape index (κ1) is 20.6. The lowest BCUT2D eigenvalue weighted by molar-refractivity contribution is -0.133. The average molecular weight is 394 g/mol. The molecule has 29 heavy (non-hydrogen) atoms. The molecule has 0 saturated heterocycles. The highest BCUT2D eigenvalue weighted by Crippen LogP contribution is 2.23. The Bertz CT molecular complexity index is 952. The number of imide groups is 1. The molecular formula is C23H26N2O4. The first-order chi connectivity index (χ1) is 13.9. The zero-order valence-electron chi connectivity index (χ0n) is 17.1. The summed E-state index contributed by atoms with van der Waals surface area (Å²) in [6, 6.07) is 11.1. The molecule has 6 nitrogen and oxygen atoms in total. The maximum atomic E-state index is 12.5. The van der Waals surface area contributed by atoms with Crippen LogP contribution in [0, 0.1) is 20.8 Å². The highest BCUT2D eigenvalue weighted by molar-refractivity contribution is 6.11. The fourth-order valence-corrected chi connectivity index (χ4v) is 3.39. The van der Waals surface area contributed by atoms with E-state index >= 15 is 0 Å². The number of nitrogens with zero attached hydrogens (tertiary/aromatic N) is 1. The summed E-state index contributed by atoms with van der Waals surface area (Å²) in [5.74, 6) is -0.260. The molecule has 0 fully saturated rings. The van der Waals surface area contributed by atoms with E-state index in [9.17, 15) is 14.4 Å². The van der Waals surface area contributed by atoms with Crippen molar-refractivity contribution in [1.29, 1.82) is 0 Å². The minimum Gasteiger partial charge on any atom is -0.493 e. The normalized spacial score (nSPS) is 13.3. The minimum atomic E-state index is -0.416. The largest absolute Gasteiger partial charge is 0.493 e. The molecule has 0 spiro atoms. The summed E-state index contributed by atoms with van der Waals surface area (Å²) in [6.07, 6.45) is 0.765. The quantitative estimate of drug-likeness (QED) is 0.579. The van der Waals surface area contributed by atoms with Gasteiger partial charge in [-0.1, -0.05) is 24.3 Å². The Morgan fingerprint density at radius 3 is 2.69 bits per heavy atom. The van der Waals surface area contributed by atoms with E-state index in [1.807, 2.05) is 19.9 Å². The van der Waals surface area contributed by atoms with Crippen molar-refractivity contribution in [2.45, 2.75) is 33.6 Å². The monoisotopic (exact) mass is 394 g/mol. The third kappa shape index (κ3) is 4.83. The van der Waals surface area contributed by atoms with Gasteiger partial charge in [-0.3, -0.25) is 19.3 Å². The van der Waals surface area contributed by atoms with Crippen molar-refractivity contribution in [2.75, 3.05) is 19.7 Å². The van der Waals surface area contributed by atoms with Gasteiger partial charge in [0.15, 0.2) is 0 Å². The summed E-state index contributed by atoms with van der Waals surface area (Å²) >= 11 is 0. The molecule has 2 aromatic rings. The molecule has 152 valence electrons. The van der Waals surface area contributed by atoms with E-state index in [-0.39, 0.29) is 24.8 Å². The maximum Gasteiger partial charge on any atom is 0.261 e. The Morgan fingerprint density at radius 1 is 1.14 bits per heavy atom. The van der Waals surface area contributed by atoms with Crippen LogP contribution in [0.15, 0.2) is 36.4 Å². The number of carbonyl (C=O) groups is 3. The second kappa shape index (κ2) is 8.90. The van der Waals surface area contributed by atoms with Crippen LogP contribution < -0.4 is 10.1 Å². The smallest absolute Gasteiger partial charge is 0.261 e. The number of fused-ring (bicyclic) bond motifs is 1. The predicted molar refractivity (Wildman–Crippen MR) is 110 cm³/mol. The molecule has 1 aliphatic heterocycles. The van der Waals surface area contributed by atoms with Gasteiger partial charge in [-0.25, -0.2) is 0 Å². The molecule has 0 radical (unpaired) electrons. The molecule has 2 aromatic carbocycles. The highest BCUT2D eigenvalue weighted by Gasteiger charge is 2.31. The second-order valence-electron chi connectivity index (χ2n) is 7.38. The molecular weight excluding hydrogens is 368 g/mol. The minimum absolute atomic E-state index is 0.137. The van der Waals surface area contributed by atoms with Crippen molar-refractivity contribution in [2.24, 2.45) is 0 Å². The number of benzene rings is 2. The Morgan fingerprint density at radius 2 is 1.90 bits per heavy atom. The standard InChI is InChI=1S/C23H26N2O4/c1-15-11-16(2)17(3)20(12-15)29-10-6-9-24-21(26)14-25-22(27)13-18-7-4-5-8-19(18)23(25)28/h4-5,7-8,11-12H,6,9-10,13-14H2,1-3H3,(H,24,26). The molecule has 1 aliphatic rings. The van der Waals surface area contributed by atoms with Gasteiger partial charge < -0.3 is 10.1 Å². The fourth-order valence-electron chi connectivity index (χ4n) is 3.39. The maximum absolute atomic E-state index is 12.5. The van der Waals surface area contributed by atoms with Crippen LogP contribution in [-0.4, -0.2) is 42.3 Å². The van der Waals surface area contributed by atoms with Gasteiger partial charge in [0, 0.05) is 12.1 Å². The zero-order chi connectivity index (χ0) is 21.0. The lowest BCUT2D eigenvalue weighted by Gasteiger charge is -2.26. The predicted octanol–water partition coefficient (Wildman–Crippen LogP) is 2.72. The van der Waals surface area contributed by atoms with Gasteiger partial charge in [0.1, 0.15) is 12.3 Å². The number of carbonyl (C=O) groups excluding carboxylic acids is 3. The van der Waals surface area contributed by atoms with Gasteiger partial charge in [-0.05, 0) is 61.6 Å². The Labute approximate surface area is 170 Å². The van der Waals surface area contributed by atoms with Crippen molar-refractivity contribution in [1.82, 2.24) is 10.2 Å². The van der Waals surface area contributed by atoms with Gasteiger partial charge in [0.2, 0.25) is 11.8 Å². The molecule has 1 N–H and O–H groups in total. The van der Waals surface area contributed by atoms with E-state index in [1.165, 1.54) is 5.56 Å². The Kier molecular flexibility index (Phi) is 6.32. The molecule has 3 amide bonds. The van der Waals surface area contributed by atoms with Crippen LogP contribution in [0.3, 0.4) is 0 Å². The van der Waals surface area contributed by atoms with Crippen LogP contribution in [-0.2, 0) is 16.0 Å². The van der Waals surface area contributed by atoms with Crippen molar-refractivity contribution in [3.63, 3.8) is 0 Å². The molecule has 0 aliphatic carbocycles. The molecule has 0 unspecified atom stereocenters. The number of amides is 3. The van der Waals surface area contributed by atoms with E-state index in [1.54, 1.807) is 24.3 Å². The molecule has 6 heteroatoms. The zero-order valence-corrected chi connectivity index (χ0v) is 17.1. The summed E-state index contributed by atoms with van der Waals surface area (Å²) in [4.78, 5) is 37.9. The lowest BCUT2D eigenvalue weighted by atomic mass is 9.98. The number of hydrogen-bond acceptors (Lipinski definition) is 4. The number of ether oxygens (including phenoxy) is 1. The van der Waals surface area contributed by atoms with Gasteiger partial charge in [0.05, 0.1) is 13.0 Å². The SMILES string of the molecule is Cc1cc(C)c(C)c(OCCCNC(=O)CN2C(=O)Cc3ccccc3C2=O)c1. The molecule has 0 bridgehead atoms. The summed E-state index contributed by atoms with van der Waals surface area (Å²) in [5.41, 5.74) is 4.64. The molecule has 0 aromatic heterocycles. The average Bonchev–Trinajstić information content (AvgIpc) is 2.68. The summed E-state index contributed by atoms with van der Waals surface area (Å²) in [6.45, 7) is 6.73. The van der Waals surface area contributed by atoms with Gasteiger partial charge in [-0.15, -0.1) is 0 Å². The number of hydrogen-bond donors (Lipinski definition) is 1. The third-order valence-electron chi connectivity index (χ3n) is 5.10. The number of rotatable bonds is 7. The highest BCUT2D eigenvalue weighted by atomic mass is 16.5. The van der Waals surface area contributed by atoms with E-state index in [0.29, 0.717) is 30.7 Å². The molecule has 3 rings (SSSR count). The summed E-state index contributed by atoms with van der Waals surface area (Å²) < 4.78 is 5.83. The fraction of sp³-hybridized carbons (Fsp3) is 0.348. The Balaban J connectivity index is 1.45. The van der Waals surface area contributed by atoms with Crippen molar-refractivity contribution >= 4 is 17.7 Å². The van der Waals surface area contributed by atoms with Crippen molar-refractivity contribution < 1.29 is 19.1 Å². The van der Waals surface area contributed by atoms with Crippen LogP contribution in [0.4, 0.5) is 0 Å². The third-order valence-corrected chi connectivity index (χ3v) is 5.10. The molecule has 0 atom stereocenters. The number of aryl methyl sites for hydroxylation is 2. The van der Waals surface area contributed by atoms with E-state index in [0.717, 1.165) is 21.8 Å². The lowest BCUT2D eigenvalue weighted by Crippen LogP contribution is -2.47. The van der Waals surface area contributed by atoms with Gasteiger partial charge in [-0.2, -0.15) is 0 Å². The van der Waals surface area contributed by atoms with E-state index in [2.05, 4.69) is 18.3 Å². The second-order valence-corrected chi connectivity index (χ2v) is 7.38. The first-order valence-corrected chi connectivity index (χ1v) is 9.76. The molecule has 1 heterocycles. The topological polar surface area (TPSA) is 75.7 Å². The Hall–Kier alpha value is -3.15. The van der Waals surface area contributed by atoms with Gasteiger partial charge >= 0.3 is 0 Å². The number of nitrogens with one attached hydrogen (secondary N) is 1. The van der Waals surface area contributed by atoms with Crippen LogP contribution in [0.25, 0.3) is 0 Å². The summed E-state index contributed by atoms with van der Waals surface area (Å²) in [5, 5.41) is 2.75. The van der Waals surface area contributed by atoms with Gasteiger partial charge in [0.25, 0.3) is 5.91 Å². The van der Waals surface area contributed by atoms with Crippen LogP contribution >= 0.6 is 0 Å². The van der Waals surface area contributed by atoms with E-state index in [4.69, 9.17) is 4.74 Å². The van der Waals surface area contributed by atoms with Crippen molar-refractivity contribution in [3.05, 3.63) is 64.2 Å². The van der Waals surface area contributed by atoms with Crippen LogP contribution in [0.2, 0.25) is 0 Å². The first-order valence-electron chi connectivity index (χ1n) is 9.76. The summed E-state index contributed by atoms with van der Waals surface area (Å²) in [7, 11) is 0. The molecule has 0 saturated carbocycles. The van der Waals surface area contributed by atoms with E-state index < -0.39 is 5.91 Å². The van der Waals surface area contributed by atoms with Crippen LogP contribution in [0.1, 0.15) is 39.0 Å². The van der Waals surface area contributed by atoms with Crippen LogP contribution in [0.5, 0.6) is 5.75 Å². The van der Waals surface area contributed by atoms with Crippen molar-refractivity contribution in [3.8, 4) is 5.75 Å².